The van der Waals surface area contributed by atoms with E-state index in [1.165, 1.54) is 0 Å². The molecule has 4 heteroatoms. The molecule has 0 spiro atoms. The van der Waals surface area contributed by atoms with Gasteiger partial charge in [0.1, 0.15) is 5.60 Å². The lowest BCUT2D eigenvalue weighted by molar-refractivity contribution is 0.0197. The van der Waals surface area contributed by atoms with Gasteiger partial charge < -0.3 is 9.64 Å². The van der Waals surface area contributed by atoms with Crippen molar-refractivity contribution in [1.29, 1.82) is 0 Å². The van der Waals surface area contributed by atoms with Crippen LogP contribution in [0.25, 0.3) is 0 Å². The van der Waals surface area contributed by atoms with E-state index in [1.807, 2.05) is 25.8 Å². The van der Waals surface area contributed by atoms with E-state index >= 15 is 0 Å². The molecule has 0 aromatic heterocycles. The number of ether oxygens (including phenoxy) is 1. The van der Waals surface area contributed by atoms with Crippen LogP contribution in [0.4, 0.5) is 4.79 Å². The molecule has 0 aromatic carbocycles. The maximum absolute atomic E-state index is 11.8. The molecular formula is C12H20BrNO2. The van der Waals surface area contributed by atoms with Crippen molar-refractivity contribution in [1.82, 2.24) is 4.90 Å². The molecule has 1 aliphatic heterocycles. The Labute approximate surface area is 106 Å². The van der Waals surface area contributed by atoms with Crippen molar-refractivity contribution in [2.45, 2.75) is 39.2 Å². The van der Waals surface area contributed by atoms with Crippen LogP contribution in [0.15, 0.2) is 11.1 Å². The van der Waals surface area contributed by atoms with E-state index in [0.29, 0.717) is 5.92 Å². The molecule has 1 fully saturated rings. The summed E-state index contributed by atoms with van der Waals surface area (Å²) in [6, 6.07) is 0. The molecule has 92 valence electrons. The van der Waals surface area contributed by atoms with E-state index in [4.69, 9.17) is 4.74 Å². The highest BCUT2D eigenvalue weighted by molar-refractivity contribution is 9.11. The van der Waals surface area contributed by atoms with E-state index in [-0.39, 0.29) is 6.09 Å². The Morgan fingerprint density at radius 2 is 1.94 bits per heavy atom. The number of carbonyl (C=O) groups is 1. The quantitative estimate of drug-likeness (QED) is 0.739. The number of likely N-dealkylation sites (tertiary alicyclic amines) is 1. The Kier molecular flexibility index (Phi) is 4.84. The highest BCUT2D eigenvalue weighted by Gasteiger charge is 2.25. The van der Waals surface area contributed by atoms with Crippen LogP contribution in [0.1, 0.15) is 33.6 Å². The van der Waals surface area contributed by atoms with Gasteiger partial charge in [-0.1, -0.05) is 22.0 Å². The summed E-state index contributed by atoms with van der Waals surface area (Å²) in [7, 11) is 0. The molecule has 0 saturated carbocycles. The second-order valence-electron chi connectivity index (χ2n) is 5.12. The minimum absolute atomic E-state index is 0.186. The first kappa shape index (κ1) is 13.6. The van der Waals surface area contributed by atoms with E-state index in [0.717, 1.165) is 25.9 Å². The second-order valence-corrected chi connectivity index (χ2v) is 5.65. The number of allylic oxidation sites excluding steroid dienone is 1. The van der Waals surface area contributed by atoms with Gasteiger partial charge in [-0.25, -0.2) is 4.79 Å². The summed E-state index contributed by atoms with van der Waals surface area (Å²) >= 11 is 3.28. The molecule has 3 nitrogen and oxygen atoms in total. The summed E-state index contributed by atoms with van der Waals surface area (Å²) in [6.45, 7) is 7.26. The molecule has 1 amide bonds. The van der Waals surface area contributed by atoms with E-state index in [1.54, 1.807) is 4.90 Å². The minimum atomic E-state index is -0.399. The molecule has 0 aliphatic carbocycles. The molecule has 0 atom stereocenters. The van der Waals surface area contributed by atoms with Crippen molar-refractivity contribution in [3.05, 3.63) is 11.1 Å². The molecule has 1 saturated heterocycles. The summed E-state index contributed by atoms with van der Waals surface area (Å²) < 4.78 is 5.33. The first-order valence-electron chi connectivity index (χ1n) is 5.67. The number of hydrogen-bond acceptors (Lipinski definition) is 2. The number of nitrogens with zero attached hydrogens (tertiary/aromatic N) is 1. The molecule has 0 radical (unpaired) electrons. The van der Waals surface area contributed by atoms with Gasteiger partial charge in [0.25, 0.3) is 0 Å². The van der Waals surface area contributed by atoms with Crippen molar-refractivity contribution in [3.63, 3.8) is 0 Å². The average molecular weight is 290 g/mol. The largest absolute Gasteiger partial charge is 0.444 e. The smallest absolute Gasteiger partial charge is 0.410 e. The number of rotatable bonds is 1. The number of halogens is 1. The maximum Gasteiger partial charge on any atom is 0.410 e. The van der Waals surface area contributed by atoms with Gasteiger partial charge in [0.05, 0.1) is 0 Å². The highest BCUT2D eigenvalue weighted by atomic mass is 79.9. The van der Waals surface area contributed by atoms with Crippen molar-refractivity contribution in [2.24, 2.45) is 5.92 Å². The fourth-order valence-corrected chi connectivity index (χ4v) is 2.14. The van der Waals surface area contributed by atoms with Crippen LogP contribution in [0.2, 0.25) is 0 Å². The number of amides is 1. The summed E-state index contributed by atoms with van der Waals surface area (Å²) in [4.78, 5) is 15.5. The number of carbonyl (C=O) groups excluding carboxylic acids is 1. The number of piperidine rings is 1. The van der Waals surface area contributed by atoms with Crippen LogP contribution >= 0.6 is 15.9 Å². The van der Waals surface area contributed by atoms with E-state index in [2.05, 4.69) is 22.0 Å². The third-order valence-electron chi connectivity index (χ3n) is 2.54. The van der Waals surface area contributed by atoms with Crippen LogP contribution < -0.4 is 0 Å². The van der Waals surface area contributed by atoms with E-state index < -0.39 is 5.60 Å². The van der Waals surface area contributed by atoms with Crippen LogP contribution in [0.3, 0.4) is 0 Å². The Morgan fingerprint density at radius 3 is 2.38 bits per heavy atom. The van der Waals surface area contributed by atoms with Gasteiger partial charge in [0.15, 0.2) is 0 Å². The topological polar surface area (TPSA) is 29.5 Å². The van der Waals surface area contributed by atoms with Crippen LogP contribution in [0.5, 0.6) is 0 Å². The zero-order valence-electron chi connectivity index (χ0n) is 10.2. The zero-order chi connectivity index (χ0) is 12.2. The molecule has 0 bridgehead atoms. The Balaban J connectivity index is 2.39. The predicted octanol–water partition coefficient (Wildman–Crippen LogP) is 3.54. The fourth-order valence-electron chi connectivity index (χ4n) is 1.70. The lowest BCUT2D eigenvalue weighted by atomic mass is 9.97. The first-order valence-corrected chi connectivity index (χ1v) is 6.59. The summed E-state index contributed by atoms with van der Waals surface area (Å²) in [5.41, 5.74) is -0.399. The van der Waals surface area contributed by atoms with Crippen LogP contribution in [-0.4, -0.2) is 29.7 Å². The Hall–Kier alpha value is -0.510. The lowest BCUT2D eigenvalue weighted by Gasteiger charge is -2.32. The first-order chi connectivity index (χ1) is 7.42. The molecule has 0 unspecified atom stereocenters. The Bertz CT molecular complexity index is 263. The maximum atomic E-state index is 11.8. The number of hydrogen-bond donors (Lipinski definition) is 0. The van der Waals surface area contributed by atoms with Gasteiger partial charge in [-0.2, -0.15) is 0 Å². The summed E-state index contributed by atoms with van der Waals surface area (Å²) in [5, 5.41) is 0. The lowest BCUT2D eigenvalue weighted by Crippen LogP contribution is -2.41. The Morgan fingerprint density at radius 1 is 1.38 bits per heavy atom. The van der Waals surface area contributed by atoms with Gasteiger partial charge in [-0.05, 0) is 44.5 Å². The molecular weight excluding hydrogens is 270 g/mol. The van der Waals surface area contributed by atoms with Crippen molar-refractivity contribution < 1.29 is 9.53 Å². The second kappa shape index (κ2) is 5.71. The van der Waals surface area contributed by atoms with Crippen LogP contribution in [0, 0.1) is 5.92 Å². The highest BCUT2D eigenvalue weighted by Crippen LogP contribution is 2.20. The normalized spacial score (nSPS) is 19.1. The van der Waals surface area contributed by atoms with Gasteiger partial charge >= 0.3 is 6.09 Å². The van der Waals surface area contributed by atoms with Crippen molar-refractivity contribution >= 4 is 22.0 Å². The third-order valence-corrected chi connectivity index (χ3v) is 2.84. The van der Waals surface area contributed by atoms with Crippen molar-refractivity contribution in [2.75, 3.05) is 13.1 Å². The molecule has 1 rings (SSSR count). The molecule has 16 heavy (non-hydrogen) atoms. The molecule has 1 heterocycles. The minimum Gasteiger partial charge on any atom is -0.444 e. The van der Waals surface area contributed by atoms with Gasteiger partial charge in [0, 0.05) is 13.1 Å². The summed E-state index contributed by atoms with van der Waals surface area (Å²) in [5.74, 6) is 0.582. The monoisotopic (exact) mass is 289 g/mol. The van der Waals surface area contributed by atoms with Crippen LogP contribution in [-0.2, 0) is 4.74 Å². The van der Waals surface area contributed by atoms with Gasteiger partial charge in [-0.15, -0.1) is 0 Å². The molecule has 0 aromatic rings. The predicted molar refractivity (Wildman–Crippen MR) is 68.6 cm³/mol. The zero-order valence-corrected chi connectivity index (χ0v) is 11.8. The fraction of sp³-hybridized carbons (Fsp3) is 0.750. The average Bonchev–Trinajstić information content (AvgIpc) is 2.16. The summed E-state index contributed by atoms with van der Waals surface area (Å²) in [6.07, 6.45) is 3.99. The standard InChI is InChI=1S/C12H20BrNO2/c1-12(2,3)16-11(15)14-8-5-10(4-7-13)6-9-14/h4,7,10H,5-6,8-9H2,1-3H3. The van der Waals surface area contributed by atoms with Crippen molar-refractivity contribution in [3.8, 4) is 0 Å². The molecule has 1 aliphatic rings. The SMILES string of the molecule is CC(C)(C)OC(=O)N1CCC(C=CBr)CC1. The third kappa shape index (κ3) is 4.56. The molecule has 0 N–H and O–H groups in total. The van der Waals surface area contributed by atoms with Gasteiger partial charge in [0.2, 0.25) is 0 Å². The van der Waals surface area contributed by atoms with E-state index in [9.17, 15) is 4.79 Å². The van der Waals surface area contributed by atoms with Gasteiger partial charge in [-0.3, -0.25) is 0 Å².